The van der Waals surface area contributed by atoms with Gasteiger partial charge in [-0.2, -0.15) is 0 Å². The zero-order chi connectivity index (χ0) is 14.4. The molecule has 1 aliphatic heterocycles. The number of hydrogen-bond acceptors (Lipinski definition) is 3. The number of aromatic carboxylic acids is 1. The van der Waals surface area contributed by atoms with Crippen LogP contribution in [-0.4, -0.2) is 53.4 Å². The highest BCUT2D eigenvalue weighted by molar-refractivity contribution is 5.85. The first kappa shape index (κ1) is 15.1. The van der Waals surface area contributed by atoms with Crippen molar-refractivity contribution in [2.24, 2.45) is 0 Å². The maximum atomic E-state index is 11.1. The largest absolute Gasteiger partial charge is 0.477 e. The zero-order valence-corrected chi connectivity index (χ0v) is 12.1. The Hall–Kier alpha value is -1.33. The molecule has 20 heavy (non-hydrogen) atoms. The lowest BCUT2D eigenvalue weighted by Crippen LogP contribution is -2.37. The molecule has 1 aromatic rings. The minimum absolute atomic E-state index is 0.309. The van der Waals surface area contributed by atoms with Crippen LogP contribution in [-0.2, 0) is 4.74 Å². The van der Waals surface area contributed by atoms with Crippen molar-refractivity contribution in [2.75, 3.05) is 32.8 Å². The Balaban J connectivity index is 1.79. The summed E-state index contributed by atoms with van der Waals surface area (Å²) in [7, 11) is 0. The summed E-state index contributed by atoms with van der Waals surface area (Å²) in [5, 5.41) is 9.16. The van der Waals surface area contributed by atoms with Gasteiger partial charge < -0.3 is 19.3 Å². The molecule has 1 saturated heterocycles. The number of carbonyl (C=O) groups is 1. The Morgan fingerprint density at radius 2 is 2.15 bits per heavy atom. The van der Waals surface area contributed by atoms with Gasteiger partial charge in [0.2, 0.25) is 0 Å². The Labute approximate surface area is 120 Å². The fraction of sp³-hybridized carbons (Fsp3) is 0.667. The Morgan fingerprint density at radius 3 is 2.80 bits per heavy atom. The molecular formula is C15H24N2O3. The maximum absolute atomic E-state index is 11.1. The number of nitrogens with zero attached hydrogens (tertiary/aromatic N) is 2. The van der Waals surface area contributed by atoms with Gasteiger partial charge in [0, 0.05) is 38.5 Å². The quantitative estimate of drug-likeness (QED) is 0.778. The highest BCUT2D eigenvalue weighted by Gasteiger charge is 2.22. The number of carboxylic acid groups (broad SMARTS) is 1. The fourth-order valence-corrected chi connectivity index (χ4v) is 2.75. The molecule has 0 aromatic carbocycles. The first-order valence-corrected chi connectivity index (χ1v) is 7.42. The van der Waals surface area contributed by atoms with Crippen LogP contribution in [0.2, 0.25) is 0 Å². The first-order chi connectivity index (χ1) is 9.72. The van der Waals surface area contributed by atoms with Crippen LogP contribution in [0, 0.1) is 0 Å². The van der Waals surface area contributed by atoms with E-state index in [9.17, 15) is 4.79 Å². The predicted octanol–water partition coefficient (Wildman–Crippen LogP) is 2.25. The van der Waals surface area contributed by atoms with Crippen LogP contribution in [0.15, 0.2) is 18.3 Å². The van der Waals surface area contributed by atoms with Gasteiger partial charge >= 0.3 is 5.97 Å². The van der Waals surface area contributed by atoms with Crippen molar-refractivity contribution in [3.8, 4) is 0 Å². The second-order valence-electron chi connectivity index (χ2n) is 5.29. The van der Waals surface area contributed by atoms with Crippen molar-refractivity contribution in [3.63, 3.8) is 0 Å². The van der Waals surface area contributed by atoms with E-state index in [1.165, 1.54) is 0 Å². The average molecular weight is 280 g/mol. The molecular weight excluding hydrogens is 256 g/mol. The van der Waals surface area contributed by atoms with Crippen molar-refractivity contribution in [1.29, 1.82) is 0 Å². The van der Waals surface area contributed by atoms with Gasteiger partial charge in [-0.05, 0) is 31.4 Å². The lowest BCUT2D eigenvalue weighted by atomic mass is 10.0. The van der Waals surface area contributed by atoms with Crippen molar-refractivity contribution in [3.05, 3.63) is 24.0 Å². The van der Waals surface area contributed by atoms with E-state index in [0.717, 1.165) is 52.1 Å². The minimum Gasteiger partial charge on any atom is -0.477 e. The SMILES string of the molecule is CCCOCCN1CCC(n2cccc2C(=O)O)CC1. The van der Waals surface area contributed by atoms with E-state index in [1.54, 1.807) is 6.07 Å². The van der Waals surface area contributed by atoms with Crippen LogP contribution in [0.5, 0.6) is 0 Å². The second kappa shape index (κ2) is 7.45. The third-order valence-electron chi connectivity index (χ3n) is 3.85. The number of piperidine rings is 1. The van der Waals surface area contributed by atoms with Crippen LogP contribution in [0.4, 0.5) is 0 Å². The van der Waals surface area contributed by atoms with Crippen LogP contribution < -0.4 is 0 Å². The molecule has 2 rings (SSSR count). The normalized spacial score (nSPS) is 17.4. The van der Waals surface area contributed by atoms with Gasteiger partial charge in [-0.15, -0.1) is 0 Å². The van der Waals surface area contributed by atoms with E-state index < -0.39 is 5.97 Å². The van der Waals surface area contributed by atoms with Gasteiger partial charge in [0.25, 0.3) is 0 Å². The number of likely N-dealkylation sites (tertiary alicyclic amines) is 1. The molecule has 1 aromatic heterocycles. The first-order valence-electron chi connectivity index (χ1n) is 7.42. The summed E-state index contributed by atoms with van der Waals surface area (Å²) < 4.78 is 7.42. The standard InChI is InChI=1S/C15H24N2O3/c1-2-11-20-12-10-16-8-5-13(6-9-16)17-7-3-4-14(17)15(18)19/h3-4,7,13H,2,5-6,8-12H2,1H3,(H,18,19). The molecule has 112 valence electrons. The van der Waals surface area contributed by atoms with Crippen LogP contribution in [0.3, 0.4) is 0 Å². The number of aromatic nitrogens is 1. The number of hydrogen-bond donors (Lipinski definition) is 1. The summed E-state index contributed by atoms with van der Waals surface area (Å²) >= 11 is 0. The summed E-state index contributed by atoms with van der Waals surface area (Å²) in [6, 6.07) is 3.80. The van der Waals surface area contributed by atoms with Gasteiger partial charge in [-0.1, -0.05) is 6.92 Å². The van der Waals surface area contributed by atoms with Gasteiger partial charge in [0.05, 0.1) is 6.61 Å². The topological polar surface area (TPSA) is 54.7 Å². The van der Waals surface area contributed by atoms with Crippen LogP contribution in [0.25, 0.3) is 0 Å². The number of rotatable bonds is 7. The third kappa shape index (κ3) is 3.84. The molecule has 1 aliphatic rings. The summed E-state index contributed by atoms with van der Waals surface area (Å²) in [4.78, 5) is 13.5. The van der Waals surface area contributed by atoms with Gasteiger partial charge in [-0.3, -0.25) is 0 Å². The molecule has 1 fully saturated rings. The summed E-state index contributed by atoms with van der Waals surface area (Å²) in [5.41, 5.74) is 0.398. The van der Waals surface area contributed by atoms with E-state index >= 15 is 0 Å². The molecule has 0 atom stereocenters. The molecule has 0 aliphatic carbocycles. The molecule has 5 nitrogen and oxygen atoms in total. The molecule has 0 amide bonds. The highest BCUT2D eigenvalue weighted by atomic mass is 16.5. The smallest absolute Gasteiger partial charge is 0.352 e. The van der Waals surface area contributed by atoms with Crippen molar-refractivity contribution in [1.82, 2.24) is 9.47 Å². The van der Waals surface area contributed by atoms with Gasteiger partial charge in [0.15, 0.2) is 0 Å². The van der Waals surface area contributed by atoms with E-state index in [1.807, 2.05) is 16.8 Å². The molecule has 5 heteroatoms. The number of carboxylic acids is 1. The zero-order valence-electron chi connectivity index (χ0n) is 12.1. The summed E-state index contributed by atoms with van der Waals surface area (Å²) in [6.07, 6.45) is 4.95. The summed E-state index contributed by atoms with van der Waals surface area (Å²) in [6.45, 7) is 6.74. The molecule has 0 bridgehead atoms. The molecule has 1 N–H and O–H groups in total. The van der Waals surface area contributed by atoms with E-state index in [0.29, 0.717) is 11.7 Å². The third-order valence-corrected chi connectivity index (χ3v) is 3.85. The van der Waals surface area contributed by atoms with Crippen molar-refractivity contribution < 1.29 is 14.6 Å². The second-order valence-corrected chi connectivity index (χ2v) is 5.29. The highest BCUT2D eigenvalue weighted by Crippen LogP contribution is 2.24. The monoisotopic (exact) mass is 280 g/mol. The molecule has 0 unspecified atom stereocenters. The van der Waals surface area contributed by atoms with Gasteiger partial charge in [0.1, 0.15) is 5.69 Å². The lowest BCUT2D eigenvalue weighted by Gasteiger charge is -2.33. The maximum Gasteiger partial charge on any atom is 0.352 e. The fourth-order valence-electron chi connectivity index (χ4n) is 2.75. The average Bonchev–Trinajstić information content (AvgIpc) is 2.94. The van der Waals surface area contributed by atoms with E-state index in [-0.39, 0.29) is 0 Å². The van der Waals surface area contributed by atoms with E-state index in [4.69, 9.17) is 9.84 Å². The van der Waals surface area contributed by atoms with E-state index in [2.05, 4.69) is 11.8 Å². The number of ether oxygens (including phenoxy) is 1. The Bertz CT molecular complexity index is 423. The summed E-state index contributed by atoms with van der Waals surface area (Å²) in [5.74, 6) is -0.842. The molecule has 0 saturated carbocycles. The van der Waals surface area contributed by atoms with Crippen molar-refractivity contribution in [2.45, 2.75) is 32.2 Å². The van der Waals surface area contributed by atoms with Crippen LogP contribution >= 0.6 is 0 Å². The van der Waals surface area contributed by atoms with Crippen molar-refractivity contribution >= 4 is 5.97 Å². The Kier molecular flexibility index (Phi) is 5.61. The lowest BCUT2D eigenvalue weighted by molar-refractivity contribution is 0.0673. The Morgan fingerprint density at radius 1 is 1.40 bits per heavy atom. The molecule has 0 spiro atoms. The van der Waals surface area contributed by atoms with Gasteiger partial charge in [-0.25, -0.2) is 4.79 Å². The molecule has 2 heterocycles. The van der Waals surface area contributed by atoms with Crippen LogP contribution in [0.1, 0.15) is 42.7 Å². The molecule has 0 radical (unpaired) electrons. The predicted molar refractivity (Wildman–Crippen MR) is 77.2 cm³/mol. The minimum atomic E-state index is -0.842.